The van der Waals surface area contributed by atoms with Crippen molar-refractivity contribution in [1.29, 1.82) is 0 Å². The monoisotopic (exact) mass is 333 g/mol. The number of fused-ring (bicyclic) bond motifs is 1. The Bertz CT molecular complexity index is 876. The van der Waals surface area contributed by atoms with Crippen LogP contribution in [0.15, 0.2) is 54.6 Å². The highest BCUT2D eigenvalue weighted by Gasteiger charge is 2.24. The summed E-state index contributed by atoms with van der Waals surface area (Å²) in [5.74, 6) is 0.0184. The number of rotatable bonds is 2. The zero-order chi connectivity index (χ0) is 17.2. The quantitative estimate of drug-likeness (QED) is 0.763. The summed E-state index contributed by atoms with van der Waals surface area (Å²) < 4.78 is 15.3. The first-order valence-corrected chi connectivity index (χ1v) is 8.61. The highest BCUT2D eigenvalue weighted by molar-refractivity contribution is 5.62. The third kappa shape index (κ3) is 3.05. The molecule has 1 aliphatic heterocycles. The maximum Gasteiger partial charge on any atom is 0.137 e. The van der Waals surface area contributed by atoms with Crippen LogP contribution in [0, 0.1) is 12.7 Å². The van der Waals surface area contributed by atoms with E-state index in [0.717, 1.165) is 29.8 Å². The van der Waals surface area contributed by atoms with Gasteiger partial charge < -0.3 is 5.32 Å². The molecule has 1 atom stereocenters. The maximum atomic E-state index is 15.3. The first-order chi connectivity index (χ1) is 12.2. The van der Waals surface area contributed by atoms with Crippen LogP contribution in [0.25, 0.3) is 11.3 Å². The zero-order valence-electron chi connectivity index (χ0n) is 14.2. The molecule has 4 heteroatoms. The normalized spacial score (nSPS) is 17.0. The minimum absolute atomic E-state index is 0.189. The second kappa shape index (κ2) is 6.73. The smallest absolute Gasteiger partial charge is 0.137 e. The van der Waals surface area contributed by atoms with Crippen LogP contribution in [0.3, 0.4) is 0 Å². The van der Waals surface area contributed by atoms with Gasteiger partial charge in [0.1, 0.15) is 5.82 Å². The van der Waals surface area contributed by atoms with Gasteiger partial charge in [0.2, 0.25) is 0 Å². The van der Waals surface area contributed by atoms with Crippen LogP contribution in [0.5, 0.6) is 0 Å². The summed E-state index contributed by atoms with van der Waals surface area (Å²) >= 11 is 0. The SMILES string of the molecule is Cc1ccc(-c2ccc3c(c2F)CNCCC3c2ccccc2)nn1. The molecule has 3 nitrogen and oxygen atoms in total. The molecule has 0 fully saturated rings. The lowest BCUT2D eigenvalue weighted by Gasteiger charge is -2.19. The summed E-state index contributed by atoms with van der Waals surface area (Å²) in [6, 6.07) is 17.9. The summed E-state index contributed by atoms with van der Waals surface area (Å²) in [6.07, 6.45) is 0.958. The molecular formula is C21H20FN3. The lowest BCUT2D eigenvalue weighted by Crippen LogP contribution is -2.13. The second-order valence-electron chi connectivity index (χ2n) is 6.48. The molecule has 1 aliphatic rings. The Morgan fingerprint density at radius 1 is 1.00 bits per heavy atom. The van der Waals surface area contributed by atoms with Crippen LogP contribution < -0.4 is 5.32 Å². The van der Waals surface area contributed by atoms with Gasteiger partial charge in [0.25, 0.3) is 0 Å². The van der Waals surface area contributed by atoms with E-state index in [1.165, 1.54) is 5.56 Å². The van der Waals surface area contributed by atoms with Crippen molar-refractivity contribution in [3.8, 4) is 11.3 Å². The molecule has 126 valence electrons. The number of hydrogen-bond acceptors (Lipinski definition) is 3. The van der Waals surface area contributed by atoms with Gasteiger partial charge in [-0.15, -0.1) is 0 Å². The predicted molar refractivity (Wildman–Crippen MR) is 96.8 cm³/mol. The van der Waals surface area contributed by atoms with Crippen molar-refractivity contribution in [3.05, 3.63) is 82.8 Å². The zero-order valence-corrected chi connectivity index (χ0v) is 14.2. The Balaban J connectivity index is 1.82. The fraction of sp³-hybridized carbons (Fsp3) is 0.238. The van der Waals surface area contributed by atoms with Crippen LogP contribution in [-0.2, 0) is 6.54 Å². The van der Waals surface area contributed by atoms with Crippen molar-refractivity contribution in [1.82, 2.24) is 15.5 Å². The van der Waals surface area contributed by atoms with Gasteiger partial charge in [0, 0.05) is 23.6 Å². The minimum atomic E-state index is -0.189. The fourth-order valence-electron chi connectivity index (χ4n) is 3.53. The highest BCUT2D eigenvalue weighted by atomic mass is 19.1. The fourth-order valence-corrected chi connectivity index (χ4v) is 3.53. The Morgan fingerprint density at radius 3 is 2.60 bits per heavy atom. The molecule has 2 aromatic carbocycles. The first-order valence-electron chi connectivity index (χ1n) is 8.61. The molecule has 25 heavy (non-hydrogen) atoms. The molecular weight excluding hydrogens is 313 g/mol. The number of nitrogens with one attached hydrogen (secondary N) is 1. The van der Waals surface area contributed by atoms with Crippen molar-refractivity contribution in [2.75, 3.05) is 6.54 Å². The highest BCUT2D eigenvalue weighted by Crippen LogP contribution is 2.36. The van der Waals surface area contributed by atoms with Crippen molar-refractivity contribution in [2.24, 2.45) is 0 Å². The van der Waals surface area contributed by atoms with Gasteiger partial charge >= 0.3 is 0 Å². The summed E-state index contributed by atoms with van der Waals surface area (Å²) in [5, 5.41) is 11.6. The Labute approximate surface area is 146 Å². The molecule has 0 bridgehead atoms. The minimum Gasteiger partial charge on any atom is -0.313 e. The van der Waals surface area contributed by atoms with Crippen molar-refractivity contribution in [3.63, 3.8) is 0 Å². The summed E-state index contributed by atoms with van der Waals surface area (Å²) in [4.78, 5) is 0. The van der Waals surface area contributed by atoms with E-state index in [0.29, 0.717) is 17.8 Å². The van der Waals surface area contributed by atoms with Gasteiger partial charge in [-0.25, -0.2) is 4.39 Å². The van der Waals surface area contributed by atoms with Gasteiger partial charge in [-0.3, -0.25) is 0 Å². The molecule has 2 heterocycles. The third-order valence-electron chi connectivity index (χ3n) is 4.84. The molecule has 4 rings (SSSR count). The van der Waals surface area contributed by atoms with E-state index in [2.05, 4.69) is 33.7 Å². The van der Waals surface area contributed by atoms with Gasteiger partial charge in [-0.1, -0.05) is 36.4 Å². The van der Waals surface area contributed by atoms with E-state index in [1.807, 2.05) is 43.3 Å². The summed E-state index contributed by atoms with van der Waals surface area (Å²) in [7, 11) is 0. The Kier molecular flexibility index (Phi) is 4.28. The van der Waals surface area contributed by atoms with E-state index in [9.17, 15) is 0 Å². The Morgan fingerprint density at radius 2 is 1.84 bits per heavy atom. The molecule has 3 aromatic rings. The lowest BCUT2D eigenvalue weighted by atomic mass is 9.85. The van der Waals surface area contributed by atoms with Gasteiger partial charge in [0.15, 0.2) is 0 Å². The molecule has 1 aromatic heterocycles. The van der Waals surface area contributed by atoms with Crippen LogP contribution >= 0.6 is 0 Å². The molecule has 0 saturated heterocycles. The van der Waals surface area contributed by atoms with Crippen LogP contribution in [0.2, 0.25) is 0 Å². The number of nitrogens with zero attached hydrogens (tertiary/aromatic N) is 2. The number of benzene rings is 2. The predicted octanol–water partition coefficient (Wildman–Crippen LogP) is 4.22. The van der Waals surface area contributed by atoms with E-state index in [4.69, 9.17) is 0 Å². The third-order valence-corrected chi connectivity index (χ3v) is 4.84. The van der Waals surface area contributed by atoms with E-state index in [-0.39, 0.29) is 11.7 Å². The first kappa shape index (κ1) is 15.9. The Hall–Kier alpha value is -2.59. The number of halogens is 1. The van der Waals surface area contributed by atoms with Crippen LogP contribution in [0.4, 0.5) is 4.39 Å². The molecule has 1 N–H and O–H groups in total. The van der Waals surface area contributed by atoms with Crippen molar-refractivity contribution in [2.45, 2.75) is 25.8 Å². The largest absolute Gasteiger partial charge is 0.313 e. The van der Waals surface area contributed by atoms with Crippen LogP contribution in [-0.4, -0.2) is 16.7 Å². The lowest BCUT2D eigenvalue weighted by molar-refractivity contribution is 0.596. The summed E-state index contributed by atoms with van der Waals surface area (Å²) in [5.41, 5.74) is 4.95. The average Bonchev–Trinajstić information content (AvgIpc) is 2.87. The second-order valence-corrected chi connectivity index (χ2v) is 6.48. The maximum absolute atomic E-state index is 15.3. The molecule has 0 radical (unpaired) electrons. The number of hydrogen-bond donors (Lipinski definition) is 1. The standard InChI is InChI=1S/C21H20FN3/c1-14-7-10-20(25-24-14)18-9-8-17-16(15-5-3-2-4-6-15)11-12-23-13-19(17)21(18)22/h2-10,16,23H,11-13H2,1H3. The molecule has 0 spiro atoms. The number of aryl methyl sites for hydroxylation is 1. The van der Waals surface area contributed by atoms with Crippen molar-refractivity contribution < 1.29 is 4.39 Å². The van der Waals surface area contributed by atoms with Gasteiger partial charge in [-0.2, -0.15) is 10.2 Å². The van der Waals surface area contributed by atoms with Gasteiger partial charge in [-0.05, 0) is 49.2 Å². The van der Waals surface area contributed by atoms with Crippen LogP contribution in [0.1, 0.15) is 34.7 Å². The van der Waals surface area contributed by atoms with Gasteiger partial charge in [0.05, 0.1) is 11.4 Å². The molecule has 0 aliphatic carbocycles. The average molecular weight is 333 g/mol. The van der Waals surface area contributed by atoms with Crippen molar-refractivity contribution >= 4 is 0 Å². The van der Waals surface area contributed by atoms with E-state index in [1.54, 1.807) is 0 Å². The molecule has 1 unspecified atom stereocenters. The topological polar surface area (TPSA) is 37.8 Å². The van der Waals surface area contributed by atoms with E-state index < -0.39 is 0 Å². The molecule has 0 amide bonds. The van der Waals surface area contributed by atoms with E-state index >= 15 is 4.39 Å². The number of aromatic nitrogens is 2. The summed E-state index contributed by atoms with van der Waals surface area (Å²) in [6.45, 7) is 3.28. The molecule has 0 saturated carbocycles.